The zero-order valence-electron chi connectivity index (χ0n) is 16.1. The minimum Gasteiger partial charge on any atom is -0.506 e. The Morgan fingerprint density at radius 3 is 2.67 bits per heavy atom. The van der Waals surface area contributed by atoms with Gasteiger partial charge in [0.2, 0.25) is 10.0 Å². The van der Waals surface area contributed by atoms with Crippen molar-refractivity contribution in [3.8, 4) is 16.2 Å². The number of nitrogens with zero attached hydrogens (tertiary/aromatic N) is 1. The zero-order chi connectivity index (χ0) is 20.9. The predicted octanol–water partition coefficient (Wildman–Crippen LogP) is 4.01. The van der Waals surface area contributed by atoms with E-state index in [4.69, 9.17) is 0 Å². The van der Waals surface area contributed by atoms with Gasteiger partial charge in [-0.05, 0) is 60.2 Å². The van der Waals surface area contributed by atoms with Crippen molar-refractivity contribution in [2.45, 2.75) is 19.3 Å². The highest BCUT2D eigenvalue weighted by atomic mass is 32.2. The molecule has 30 heavy (non-hydrogen) atoms. The van der Waals surface area contributed by atoms with Crippen LogP contribution in [0.4, 0.5) is 11.4 Å². The Morgan fingerprint density at radius 2 is 1.87 bits per heavy atom. The standard InChI is InChI=1S/C22H20N2O4S2/c25-19-9-8-16(24-10-3-11-30(24,27)28)13-18(19)23-22(26)20-12-15-7-6-14-4-1-2-5-17(14)21(15)29-20/h1-2,4-5,8-9,12-13,25H,3,6-7,10-11H2,(H,23,26). The summed E-state index contributed by atoms with van der Waals surface area (Å²) in [4.78, 5) is 14.6. The number of benzene rings is 2. The third-order valence-electron chi connectivity index (χ3n) is 5.57. The van der Waals surface area contributed by atoms with Crippen molar-refractivity contribution in [2.24, 2.45) is 0 Å². The Hall–Kier alpha value is -2.84. The summed E-state index contributed by atoms with van der Waals surface area (Å²) in [5, 5.41) is 13.0. The Kier molecular flexibility index (Phi) is 4.56. The number of aryl methyl sites for hydroxylation is 2. The summed E-state index contributed by atoms with van der Waals surface area (Å²) in [5.74, 6) is -0.309. The maximum absolute atomic E-state index is 12.9. The number of amides is 1. The molecule has 1 saturated heterocycles. The van der Waals surface area contributed by atoms with Crippen molar-refractivity contribution >= 4 is 38.6 Å². The molecule has 0 radical (unpaired) electrons. The predicted molar refractivity (Wildman–Crippen MR) is 119 cm³/mol. The quantitative estimate of drug-likeness (QED) is 0.603. The van der Waals surface area contributed by atoms with Crippen molar-refractivity contribution < 1.29 is 18.3 Å². The summed E-state index contributed by atoms with van der Waals surface area (Å²) in [6, 6.07) is 14.6. The normalized spacial score (nSPS) is 16.7. The SMILES string of the molecule is O=C(Nc1cc(N2CCCS2(=O)=O)ccc1O)c1cc2c(s1)-c1ccccc1CC2. The number of hydrogen-bond donors (Lipinski definition) is 2. The number of hydrogen-bond acceptors (Lipinski definition) is 5. The lowest BCUT2D eigenvalue weighted by molar-refractivity contribution is 0.103. The summed E-state index contributed by atoms with van der Waals surface area (Å²) in [5.41, 5.74) is 4.26. The van der Waals surface area contributed by atoms with Crippen molar-refractivity contribution in [3.63, 3.8) is 0 Å². The number of aromatic hydroxyl groups is 1. The topological polar surface area (TPSA) is 86.7 Å². The maximum Gasteiger partial charge on any atom is 0.265 e. The van der Waals surface area contributed by atoms with E-state index in [0.29, 0.717) is 23.5 Å². The summed E-state index contributed by atoms with van der Waals surface area (Å²) in [6.45, 7) is 0.400. The van der Waals surface area contributed by atoms with Crippen molar-refractivity contribution in [3.05, 3.63) is 64.5 Å². The van der Waals surface area contributed by atoms with E-state index in [1.54, 1.807) is 6.07 Å². The molecule has 3 aromatic rings. The van der Waals surface area contributed by atoms with Gasteiger partial charge >= 0.3 is 0 Å². The van der Waals surface area contributed by atoms with Gasteiger partial charge in [0.1, 0.15) is 5.75 Å². The van der Waals surface area contributed by atoms with Crippen LogP contribution in [0.2, 0.25) is 0 Å². The molecule has 6 nitrogen and oxygen atoms in total. The fraction of sp³-hybridized carbons (Fsp3) is 0.227. The largest absolute Gasteiger partial charge is 0.506 e. The second-order valence-corrected chi connectivity index (χ2v) is 10.6. The van der Waals surface area contributed by atoms with Crippen molar-refractivity contribution in [1.29, 1.82) is 0 Å². The van der Waals surface area contributed by atoms with Crippen LogP contribution < -0.4 is 9.62 Å². The van der Waals surface area contributed by atoms with Crippen LogP contribution in [-0.4, -0.2) is 31.7 Å². The average molecular weight is 441 g/mol. The fourth-order valence-corrected chi connectivity index (χ4v) is 6.80. The summed E-state index contributed by atoms with van der Waals surface area (Å²) >= 11 is 1.44. The van der Waals surface area contributed by atoms with Crippen LogP contribution in [0.25, 0.3) is 10.4 Å². The number of phenols is 1. The van der Waals surface area contributed by atoms with Crippen LogP contribution in [0.3, 0.4) is 0 Å². The van der Waals surface area contributed by atoms with Crippen LogP contribution in [-0.2, 0) is 22.9 Å². The molecule has 1 aromatic heterocycles. The first-order chi connectivity index (χ1) is 14.4. The zero-order valence-corrected chi connectivity index (χ0v) is 17.7. The second kappa shape index (κ2) is 7.14. The Labute approximate surface area is 178 Å². The van der Waals surface area contributed by atoms with E-state index in [0.717, 1.165) is 23.3 Å². The fourth-order valence-electron chi connectivity index (χ4n) is 4.08. The molecule has 0 spiro atoms. The van der Waals surface area contributed by atoms with Crippen molar-refractivity contribution in [1.82, 2.24) is 0 Å². The van der Waals surface area contributed by atoms with Gasteiger partial charge in [0.25, 0.3) is 5.91 Å². The highest BCUT2D eigenvalue weighted by Crippen LogP contribution is 2.40. The first-order valence-electron chi connectivity index (χ1n) is 9.78. The van der Waals surface area contributed by atoms with Crippen LogP contribution in [0.5, 0.6) is 5.75 Å². The minimum atomic E-state index is -3.34. The number of phenolic OH excluding ortho intramolecular Hbond substituents is 1. The molecule has 2 heterocycles. The molecule has 5 rings (SSSR count). The van der Waals surface area contributed by atoms with Gasteiger partial charge in [-0.1, -0.05) is 24.3 Å². The highest BCUT2D eigenvalue weighted by Gasteiger charge is 2.29. The molecule has 154 valence electrons. The van der Waals surface area contributed by atoms with E-state index in [1.807, 2.05) is 18.2 Å². The molecule has 2 N–H and O–H groups in total. The molecule has 0 saturated carbocycles. The van der Waals surface area contributed by atoms with Gasteiger partial charge in [0.15, 0.2) is 0 Å². The molecule has 1 amide bonds. The number of anilines is 2. The summed E-state index contributed by atoms with van der Waals surface area (Å²) in [6.07, 6.45) is 2.41. The van der Waals surface area contributed by atoms with Gasteiger partial charge in [0, 0.05) is 11.4 Å². The smallest absolute Gasteiger partial charge is 0.265 e. The molecular formula is C22H20N2O4S2. The Bertz CT molecular complexity index is 1260. The number of carbonyl (C=O) groups excluding carboxylic acids is 1. The molecular weight excluding hydrogens is 420 g/mol. The average Bonchev–Trinajstić information content (AvgIpc) is 3.32. The van der Waals surface area contributed by atoms with E-state index >= 15 is 0 Å². The summed E-state index contributed by atoms with van der Waals surface area (Å²) in [7, 11) is -3.34. The molecule has 2 aliphatic rings. The first-order valence-corrected chi connectivity index (χ1v) is 12.2. The summed E-state index contributed by atoms with van der Waals surface area (Å²) < 4.78 is 25.7. The van der Waals surface area contributed by atoms with Crippen LogP contribution in [0.1, 0.15) is 27.2 Å². The Morgan fingerprint density at radius 1 is 1.07 bits per heavy atom. The monoisotopic (exact) mass is 440 g/mol. The Balaban J connectivity index is 1.43. The lowest BCUT2D eigenvalue weighted by atomic mass is 9.91. The number of rotatable bonds is 3. The molecule has 8 heteroatoms. The van der Waals surface area contributed by atoms with Gasteiger partial charge < -0.3 is 10.4 Å². The molecule has 1 fully saturated rings. The van der Waals surface area contributed by atoms with Crippen LogP contribution in [0.15, 0.2) is 48.5 Å². The lowest BCUT2D eigenvalue weighted by Gasteiger charge is -2.18. The minimum absolute atomic E-state index is 0.102. The van der Waals surface area contributed by atoms with E-state index in [-0.39, 0.29) is 23.1 Å². The molecule has 0 atom stereocenters. The van der Waals surface area contributed by atoms with Crippen LogP contribution in [0, 0.1) is 0 Å². The number of fused-ring (bicyclic) bond motifs is 3. The molecule has 1 aliphatic heterocycles. The molecule has 0 unspecified atom stereocenters. The van der Waals surface area contributed by atoms with Gasteiger partial charge in [-0.25, -0.2) is 8.42 Å². The number of carbonyl (C=O) groups is 1. The van der Waals surface area contributed by atoms with E-state index < -0.39 is 10.0 Å². The third kappa shape index (κ3) is 3.26. The number of thiophene rings is 1. The van der Waals surface area contributed by atoms with E-state index in [2.05, 4.69) is 17.4 Å². The third-order valence-corrected chi connectivity index (χ3v) is 8.65. The number of sulfonamides is 1. The number of nitrogens with one attached hydrogen (secondary N) is 1. The lowest BCUT2D eigenvalue weighted by Crippen LogP contribution is -2.25. The first kappa shape index (κ1) is 19.1. The van der Waals surface area contributed by atoms with Gasteiger partial charge in [0.05, 0.1) is 22.0 Å². The second-order valence-electron chi connectivity index (χ2n) is 7.52. The highest BCUT2D eigenvalue weighted by molar-refractivity contribution is 7.93. The van der Waals surface area contributed by atoms with Crippen LogP contribution >= 0.6 is 11.3 Å². The van der Waals surface area contributed by atoms with Gasteiger partial charge in [-0.2, -0.15) is 0 Å². The molecule has 1 aliphatic carbocycles. The molecule has 2 aromatic carbocycles. The molecule has 0 bridgehead atoms. The van der Waals surface area contributed by atoms with Gasteiger partial charge in [-0.3, -0.25) is 9.10 Å². The van der Waals surface area contributed by atoms with Crippen molar-refractivity contribution in [2.75, 3.05) is 21.9 Å². The van der Waals surface area contributed by atoms with E-state index in [9.17, 15) is 18.3 Å². The maximum atomic E-state index is 12.9. The van der Waals surface area contributed by atoms with Gasteiger partial charge in [-0.15, -0.1) is 11.3 Å². The van der Waals surface area contributed by atoms with E-state index in [1.165, 1.54) is 38.9 Å².